The van der Waals surface area contributed by atoms with Gasteiger partial charge in [-0.15, -0.1) is 0 Å². The van der Waals surface area contributed by atoms with E-state index in [9.17, 15) is 4.79 Å². The summed E-state index contributed by atoms with van der Waals surface area (Å²) in [5.74, 6) is 0.785. The van der Waals surface area contributed by atoms with Crippen LogP contribution >= 0.6 is 11.6 Å². The first-order valence-electron chi connectivity index (χ1n) is 8.79. The van der Waals surface area contributed by atoms with Crippen molar-refractivity contribution in [2.24, 2.45) is 0 Å². The van der Waals surface area contributed by atoms with Crippen molar-refractivity contribution in [2.75, 3.05) is 5.32 Å². The molecule has 0 aliphatic carbocycles. The van der Waals surface area contributed by atoms with Crippen LogP contribution in [0.2, 0.25) is 5.02 Å². The molecule has 1 amide bonds. The van der Waals surface area contributed by atoms with Gasteiger partial charge in [0.25, 0.3) is 5.91 Å². The molecule has 0 atom stereocenters. The Morgan fingerprint density at radius 1 is 1.00 bits per heavy atom. The van der Waals surface area contributed by atoms with Gasteiger partial charge in [0.15, 0.2) is 5.76 Å². The van der Waals surface area contributed by atoms with E-state index in [1.54, 1.807) is 24.4 Å². The van der Waals surface area contributed by atoms with Crippen LogP contribution in [0.5, 0.6) is 0 Å². The number of carbonyl (C=O) groups is 1. The summed E-state index contributed by atoms with van der Waals surface area (Å²) in [5, 5.41) is 3.59. The summed E-state index contributed by atoms with van der Waals surface area (Å²) in [4.78, 5) is 17.2. The van der Waals surface area contributed by atoms with Gasteiger partial charge < -0.3 is 9.73 Å². The number of hydrogen-bond acceptors (Lipinski definition) is 3. The van der Waals surface area contributed by atoms with Crippen LogP contribution in [-0.2, 0) is 0 Å². The van der Waals surface area contributed by atoms with Gasteiger partial charge in [0, 0.05) is 21.8 Å². The Balaban J connectivity index is 1.65. The number of hydrogen-bond donors (Lipinski definition) is 1. The smallest absolute Gasteiger partial charge is 0.256 e. The molecule has 0 aliphatic rings. The fourth-order valence-electron chi connectivity index (χ4n) is 2.94. The van der Waals surface area contributed by atoms with Gasteiger partial charge in [0.05, 0.1) is 11.8 Å². The fraction of sp³-hybridized carbons (Fsp3) is 0.0435. The van der Waals surface area contributed by atoms with Crippen LogP contribution in [-0.4, -0.2) is 10.9 Å². The molecule has 0 bridgehead atoms. The standard InChI is InChI=1S/C23H17ClN2O2/c1-15-5-4-6-18(13-15)26-22(27)19-7-2-3-8-20(19)23-25-14-21(28-23)16-9-11-17(24)12-10-16/h2-14H,1H3,(H,26,27). The van der Waals surface area contributed by atoms with E-state index in [0.29, 0.717) is 27.8 Å². The number of anilines is 1. The first-order valence-corrected chi connectivity index (χ1v) is 9.17. The summed E-state index contributed by atoms with van der Waals surface area (Å²) in [7, 11) is 0. The molecule has 0 fully saturated rings. The van der Waals surface area contributed by atoms with Gasteiger partial charge >= 0.3 is 0 Å². The van der Waals surface area contributed by atoms with Crippen LogP contribution in [0.3, 0.4) is 0 Å². The van der Waals surface area contributed by atoms with E-state index in [1.807, 2.05) is 61.5 Å². The summed E-state index contributed by atoms with van der Waals surface area (Å²) in [6, 6.07) is 22.2. The lowest BCUT2D eigenvalue weighted by Crippen LogP contribution is -2.13. The number of nitrogens with one attached hydrogen (secondary N) is 1. The van der Waals surface area contributed by atoms with E-state index in [0.717, 1.165) is 16.8 Å². The molecule has 0 aliphatic heterocycles. The molecule has 1 heterocycles. The van der Waals surface area contributed by atoms with Crippen LogP contribution in [0.15, 0.2) is 83.4 Å². The molecule has 4 rings (SSSR count). The Bertz CT molecular complexity index is 1130. The highest BCUT2D eigenvalue weighted by molar-refractivity contribution is 6.30. The molecule has 0 unspecified atom stereocenters. The molecule has 0 saturated carbocycles. The number of aryl methyl sites for hydroxylation is 1. The lowest BCUT2D eigenvalue weighted by atomic mass is 10.1. The normalized spacial score (nSPS) is 10.6. The van der Waals surface area contributed by atoms with E-state index in [2.05, 4.69) is 10.3 Å². The zero-order valence-corrected chi connectivity index (χ0v) is 15.9. The predicted molar refractivity (Wildman–Crippen MR) is 112 cm³/mol. The van der Waals surface area contributed by atoms with Gasteiger partial charge in [0.1, 0.15) is 0 Å². The van der Waals surface area contributed by atoms with Crippen LogP contribution in [0.4, 0.5) is 5.69 Å². The lowest BCUT2D eigenvalue weighted by Gasteiger charge is -2.09. The average molecular weight is 389 g/mol. The van der Waals surface area contributed by atoms with Crippen molar-refractivity contribution >= 4 is 23.2 Å². The molecule has 0 saturated heterocycles. The largest absolute Gasteiger partial charge is 0.436 e. The first kappa shape index (κ1) is 18.0. The minimum atomic E-state index is -0.215. The highest BCUT2D eigenvalue weighted by atomic mass is 35.5. The summed E-state index contributed by atoms with van der Waals surface area (Å²) < 4.78 is 5.92. The number of carbonyl (C=O) groups excluding carboxylic acids is 1. The zero-order chi connectivity index (χ0) is 19.5. The number of benzene rings is 3. The molecule has 3 aromatic carbocycles. The predicted octanol–water partition coefficient (Wildman–Crippen LogP) is 6.22. The Morgan fingerprint density at radius 2 is 1.79 bits per heavy atom. The van der Waals surface area contributed by atoms with Gasteiger partial charge in [-0.3, -0.25) is 4.79 Å². The lowest BCUT2D eigenvalue weighted by molar-refractivity contribution is 0.102. The number of aromatic nitrogens is 1. The van der Waals surface area contributed by atoms with Gasteiger partial charge in [-0.05, 0) is 61.0 Å². The maximum atomic E-state index is 12.8. The quantitative estimate of drug-likeness (QED) is 0.451. The van der Waals surface area contributed by atoms with Crippen molar-refractivity contribution < 1.29 is 9.21 Å². The second-order valence-electron chi connectivity index (χ2n) is 6.41. The molecule has 1 N–H and O–H groups in total. The van der Waals surface area contributed by atoms with Crippen molar-refractivity contribution in [1.82, 2.24) is 4.98 Å². The Hall–Kier alpha value is -3.37. The second-order valence-corrected chi connectivity index (χ2v) is 6.84. The third-order valence-corrected chi connectivity index (χ3v) is 4.56. The maximum Gasteiger partial charge on any atom is 0.256 e. The highest BCUT2D eigenvalue weighted by Gasteiger charge is 2.17. The Morgan fingerprint density at radius 3 is 2.57 bits per heavy atom. The maximum absolute atomic E-state index is 12.8. The molecule has 4 nitrogen and oxygen atoms in total. The number of halogens is 1. The van der Waals surface area contributed by atoms with E-state index >= 15 is 0 Å². The second kappa shape index (κ2) is 7.71. The minimum Gasteiger partial charge on any atom is -0.436 e. The van der Waals surface area contributed by atoms with E-state index in [1.165, 1.54) is 0 Å². The highest BCUT2D eigenvalue weighted by Crippen LogP contribution is 2.29. The SMILES string of the molecule is Cc1cccc(NC(=O)c2ccccc2-c2ncc(-c3ccc(Cl)cc3)o2)c1. The van der Waals surface area contributed by atoms with Crippen molar-refractivity contribution in [1.29, 1.82) is 0 Å². The Kier molecular flexibility index (Phi) is 4.96. The molecule has 0 spiro atoms. The molecule has 1 aromatic heterocycles. The molecule has 4 aromatic rings. The first-order chi connectivity index (χ1) is 13.6. The number of amides is 1. The summed E-state index contributed by atoms with van der Waals surface area (Å²) in [6.07, 6.45) is 1.65. The topological polar surface area (TPSA) is 55.1 Å². The molecule has 5 heteroatoms. The van der Waals surface area contributed by atoms with E-state index < -0.39 is 0 Å². The van der Waals surface area contributed by atoms with E-state index in [-0.39, 0.29) is 5.91 Å². The van der Waals surface area contributed by atoms with Crippen molar-refractivity contribution in [3.63, 3.8) is 0 Å². The molecular formula is C23H17ClN2O2. The number of nitrogens with zero attached hydrogens (tertiary/aromatic N) is 1. The third kappa shape index (κ3) is 3.82. The van der Waals surface area contributed by atoms with Crippen LogP contribution < -0.4 is 5.32 Å². The van der Waals surface area contributed by atoms with Crippen molar-refractivity contribution in [3.05, 3.63) is 95.1 Å². The van der Waals surface area contributed by atoms with Gasteiger partial charge in [-0.2, -0.15) is 0 Å². The van der Waals surface area contributed by atoms with Crippen molar-refractivity contribution in [3.8, 4) is 22.8 Å². The van der Waals surface area contributed by atoms with Gasteiger partial charge in [-0.1, -0.05) is 35.9 Å². The van der Waals surface area contributed by atoms with Crippen LogP contribution in [0.1, 0.15) is 15.9 Å². The number of oxazole rings is 1. The summed E-state index contributed by atoms with van der Waals surface area (Å²) in [6.45, 7) is 1.98. The van der Waals surface area contributed by atoms with Crippen LogP contribution in [0, 0.1) is 6.92 Å². The van der Waals surface area contributed by atoms with Crippen molar-refractivity contribution in [2.45, 2.75) is 6.92 Å². The van der Waals surface area contributed by atoms with Gasteiger partial charge in [-0.25, -0.2) is 4.98 Å². The number of rotatable bonds is 4. The molecular weight excluding hydrogens is 372 g/mol. The van der Waals surface area contributed by atoms with Gasteiger partial charge in [0.2, 0.25) is 5.89 Å². The molecule has 138 valence electrons. The summed E-state index contributed by atoms with van der Waals surface area (Å²) in [5.41, 5.74) is 3.81. The summed E-state index contributed by atoms with van der Waals surface area (Å²) >= 11 is 5.94. The van der Waals surface area contributed by atoms with Crippen LogP contribution in [0.25, 0.3) is 22.8 Å². The zero-order valence-electron chi connectivity index (χ0n) is 15.1. The average Bonchev–Trinajstić information content (AvgIpc) is 3.18. The third-order valence-electron chi connectivity index (χ3n) is 4.31. The fourth-order valence-corrected chi connectivity index (χ4v) is 3.06. The molecule has 0 radical (unpaired) electrons. The monoisotopic (exact) mass is 388 g/mol. The minimum absolute atomic E-state index is 0.215. The van der Waals surface area contributed by atoms with E-state index in [4.69, 9.17) is 16.0 Å². The molecule has 28 heavy (non-hydrogen) atoms. The Labute approximate surface area is 167 Å².